The average molecular weight is 447 g/mol. The zero-order valence-corrected chi connectivity index (χ0v) is 18.3. The van der Waals surface area contributed by atoms with Gasteiger partial charge in [-0.05, 0) is 42.1 Å². The van der Waals surface area contributed by atoms with Gasteiger partial charge in [0.05, 0.1) is 28.0 Å². The van der Waals surface area contributed by atoms with E-state index in [-0.39, 0.29) is 5.56 Å². The van der Waals surface area contributed by atoms with Crippen molar-refractivity contribution >= 4 is 34.0 Å². The molecule has 0 aliphatic heterocycles. The molecule has 31 heavy (non-hydrogen) atoms. The number of para-hydroxylation sites is 1. The molecule has 0 unspecified atom stereocenters. The second-order valence-electron chi connectivity index (χ2n) is 6.95. The van der Waals surface area contributed by atoms with Crippen molar-refractivity contribution in [2.75, 3.05) is 0 Å². The smallest absolute Gasteiger partial charge is 0.262 e. The fraction of sp³-hybridized carbons (Fsp3) is 0.130. The number of nitrogens with zero attached hydrogens (tertiary/aromatic N) is 4. The fourth-order valence-corrected chi connectivity index (χ4v) is 4.92. The van der Waals surface area contributed by atoms with E-state index in [0.29, 0.717) is 34.2 Å². The van der Waals surface area contributed by atoms with Gasteiger partial charge in [0.1, 0.15) is 5.76 Å². The van der Waals surface area contributed by atoms with Crippen LogP contribution in [0.1, 0.15) is 17.0 Å². The molecule has 154 valence electrons. The van der Waals surface area contributed by atoms with Gasteiger partial charge in [-0.1, -0.05) is 36.0 Å². The first kappa shape index (κ1) is 19.7. The fourth-order valence-electron chi connectivity index (χ4n) is 3.27. The van der Waals surface area contributed by atoms with Gasteiger partial charge in [0.25, 0.3) is 5.56 Å². The summed E-state index contributed by atoms with van der Waals surface area (Å²) in [4.78, 5) is 27.9. The maximum atomic E-state index is 13.2. The number of oxazole rings is 1. The summed E-state index contributed by atoms with van der Waals surface area (Å²) in [5, 5.41) is 3.25. The summed E-state index contributed by atoms with van der Waals surface area (Å²) < 4.78 is 7.56. The predicted octanol–water partition coefficient (Wildman–Crippen LogP) is 5.16. The lowest BCUT2D eigenvalue weighted by atomic mass is 10.2. The van der Waals surface area contributed by atoms with Crippen LogP contribution in [0.2, 0.25) is 0 Å². The largest absolute Gasteiger partial charge is 0.440 e. The Labute approximate surface area is 186 Å². The molecule has 0 radical (unpaired) electrons. The van der Waals surface area contributed by atoms with Crippen LogP contribution < -0.4 is 5.56 Å². The van der Waals surface area contributed by atoms with E-state index in [1.54, 1.807) is 28.3 Å². The van der Waals surface area contributed by atoms with Gasteiger partial charge in [-0.3, -0.25) is 14.3 Å². The van der Waals surface area contributed by atoms with E-state index in [9.17, 15) is 4.79 Å². The lowest BCUT2D eigenvalue weighted by molar-refractivity contribution is 0.542. The second kappa shape index (κ2) is 8.49. The van der Waals surface area contributed by atoms with Crippen LogP contribution in [0.5, 0.6) is 0 Å². The Hall–Kier alpha value is -3.23. The molecule has 0 aliphatic carbocycles. The molecular weight excluding hydrogens is 428 g/mol. The molecule has 4 aromatic heterocycles. The van der Waals surface area contributed by atoms with E-state index in [2.05, 4.69) is 9.97 Å². The lowest BCUT2D eigenvalue weighted by Gasteiger charge is -2.12. The van der Waals surface area contributed by atoms with Crippen molar-refractivity contribution in [3.63, 3.8) is 0 Å². The third-order valence-corrected chi connectivity index (χ3v) is 6.70. The molecule has 0 atom stereocenters. The molecule has 8 heteroatoms. The molecule has 4 heterocycles. The summed E-state index contributed by atoms with van der Waals surface area (Å²) in [6.45, 7) is 2.32. The first-order chi connectivity index (χ1) is 15.2. The van der Waals surface area contributed by atoms with Crippen molar-refractivity contribution in [2.24, 2.45) is 0 Å². The molecule has 0 aliphatic rings. The molecule has 0 saturated carbocycles. The van der Waals surface area contributed by atoms with E-state index in [4.69, 9.17) is 9.40 Å². The molecule has 0 N–H and O–H groups in total. The minimum atomic E-state index is -0.0619. The normalized spacial score (nSPS) is 11.3. The molecule has 0 spiro atoms. The number of rotatable bonds is 6. The number of aromatic nitrogens is 4. The van der Waals surface area contributed by atoms with Crippen molar-refractivity contribution in [1.82, 2.24) is 19.5 Å². The van der Waals surface area contributed by atoms with Gasteiger partial charge in [0.15, 0.2) is 5.16 Å². The first-order valence-electron chi connectivity index (χ1n) is 9.70. The van der Waals surface area contributed by atoms with Gasteiger partial charge in [0.2, 0.25) is 5.89 Å². The zero-order chi connectivity index (χ0) is 21.2. The average Bonchev–Trinajstić information content (AvgIpc) is 3.45. The number of aryl methyl sites for hydroxylation is 1. The van der Waals surface area contributed by atoms with E-state index >= 15 is 0 Å². The van der Waals surface area contributed by atoms with E-state index < -0.39 is 0 Å². The molecule has 0 saturated heterocycles. The summed E-state index contributed by atoms with van der Waals surface area (Å²) in [6, 6.07) is 15.2. The molecule has 5 aromatic rings. The highest BCUT2D eigenvalue weighted by Crippen LogP contribution is 2.29. The van der Waals surface area contributed by atoms with Gasteiger partial charge < -0.3 is 4.42 Å². The van der Waals surface area contributed by atoms with Crippen molar-refractivity contribution in [2.45, 2.75) is 24.4 Å². The molecule has 0 amide bonds. The standard InChI is InChI=1S/C23H18N4O2S2/c1-15-19(25-21(29-15)20-9-5-11-30-20)14-31-23-26-18-8-3-2-7-17(18)22(28)27(23)13-16-6-4-10-24-12-16/h2-12H,13-14H2,1H3. The van der Waals surface area contributed by atoms with Crippen LogP contribution in [0, 0.1) is 6.92 Å². The third kappa shape index (κ3) is 4.04. The quantitative estimate of drug-likeness (QED) is 0.265. The molecule has 6 nitrogen and oxygen atoms in total. The number of benzene rings is 1. The van der Waals surface area contributed by atoms with Crippen LogP contribution in [0.25, 0.3) is 21.7 Å². The van der Waals surface area contributed by atoms with E-state index in [1.165, 1.54) is 11.8 Å². The Morgan fingerprint density at radius 2 is 2.00 bits per heavy atom. The van der Waals surface area contributed by atoms with Crippen LogP contribution in [-0.2, 0) is 12.3 Å². The molecular formula is C23H18N4O2S2. The number of thioether (sulfide) groups is 1. The van der Waals surface area contributed by atoms with Crippen LogP contribution in [-0.4, -0.2) is 19.5 Å². The monoisotopic (exact) mass is 446 g/mol. The second-order valence-corrected chi connectivity index (χ2v) is 8.84. The van der Waals surface area contributed by atoms with E-state index in [0.717, 1.165) is 21.9 Å². The number of thiophene rings is 1. The summed E-state index contributed by atoms with van der Waals surface area (Å²) in [5.41, 5.74) is 2.42. The van der Waals surface area contributed by atoms with Crippen molar-refractivity contribution in [1.29, 1.82) is 0 Å². The minimum absolute atomic E-state index is 0.0619. The van der Waals surface area contributed by atoms with Crippen LogP contribution in [0.4, 0.5) is 0 Å². The Morgan fingerprint density at radius 3 is 2.81 bits per heavy atom. The Kier molecular flexibility index (Phi) is 5.40. The maximum absolute atomic E-state index is 13.2. The van der Waals surface area contributed by atoms with Gasteiger partial charge >= 0.3 is 0 Å². The van der Waals surface area contributed by atoms with Gasteiger partial charge in [-0.15, -0.1) is 11.3 Å². The number of hydrogen-bond acceptors (Lipinski definition) is 7. The third-order valence-electron chi connectivity index (χ3n) is 4.85. The van der Waals surface area contributed by atoms with E-state index in [1.807, 2.05) is 60.8 Å². The van der Waals surface area contributed by atoms with Gasteiger partial charge in [-0.2, -0.15) is 0 Å². The number of hydrogen-bond donors (Lipinski definition) is 0. The zero-order valence-electron chi connectivity index (χ0n) is 16.7. The van der Waals surface area contributed by atoms with Gasteiger partial charge in [-0.25, -0.2) is 9.97 Å². The number of pyridine rings is 1. The molecule has 0 bridgehead atoms. The van der Waals surface area contributed by atoms with Gasteiger partial charge in [0, 0.05) is 18.1 Å². The summed E-state index contributed by atoms with van der Waals surface area (Å²) in [7, 11) is 0. The summed E-state index contributed by atoms with van der Waals surface area (Å²) in [5.74, 6) is 1.96. The molecule has 1 aromatic carbocycles. The summed E-state index contributed by atoms with van der Waals surface area (Å²) in [6.07, 6.45) is 3.49. The first-order valence-corrected chi connectivity index (χ1v) is 11.6. The van der Waals surface area contributed by atoms with Crippen LogP contribution in [0.15, 0.2) is 80.7 Å². The minimum Gasteiger partial charge on any atom is -0.440 e. The van der Waals surface area contributed by atoms with Crippen molar-refractivity contribution in [3.8, 4) is 10.8 Å². The Bertz CT molecular complexity index is 1390. The van der Waals surface area contributed by atoms with Crippen LogP contribution >= 0.6 is 23.1 Å². The highest BCUT2D eigenvalue weighted by Gasteiger charge is 2.16. The molecule has 5 rings (SSSR count). The SMILES string of the molecule is Cc1oc(-c2cccs2)nc1CSc1nc2ccccc2c(=O)n1Cc1cccnc1. The van der Waals surface area contributed by atoms with Crippen LogP contribution in [0.3, 0.4) is 0 Å². The maximum Gasteiger partial charge on any atom is 0.262 e. The van der Waals surface area contributed by atoms with Crippen molar-refractivity contribution < 1.29 is 4.42 Å². The lowest BCUT2D eigenvalue weighted by Crippen LogP contribution is -2.24. The summed E-state index contributed by atoms with van der Waals surface area (Å²) >= 11 is 3.08. The molecule has 0 fully saturated rings. The topological polar surface area (TPSA) is 73.8 Å². The Morgan fingerprint density at radius 1 is 1.10 bits per heavy atom. The number of fused-ring (bicyclic) bond motifs is 1. The highest BCUT2D eigenvalue weighted by atomic mass is 32.2. The predicted molar refractivity (Wildman–Crippen MR) is 123 cm³/mol. The van der Waals surface area contributed by atoms with Crippen molar-refractivity contribution in [3.05, 3.63) is 93.7 Å². The Balaban J connectivity index is 1.50. The highest BCUT2D eigenvalue weighted by molar-refractivity contribution is 7.98.